The Labute approximate surface area is 130 Å². The Hall–Kier alpha value is -1.42. The number of nitrogens with one attached hydrogen (secondary N) is 1. The van der Waals surface area contributed by atoms with Gasteiger partial charge in [0.15, 0.2) is 0 Å². The summed E-state index contributed by atoms with van der Waals surface area (Å²) in [6, 6.07) is 7.76. The summed E-state index contributed by atoms with van der Waals surface area (Å²) in [6.45, 7) is 4.11. The van der Waals surface area contributed by atoms with Crippen LogP contribution in [0.4, 0.5) is 5.69 Å². The van der Waals surface area contributed by atoms with Crippen LogP contribution < -0.4 is 5.32 Å². The molecule has 0 unspecified atom stereocenters. The van der Waals surface area contributed by atoms with E-state index in [1.165, 1.54) is 0 Å². The summed E-state index contributed by atoms with van der Waals surface area (Å²) in [5, 5.41) is 3.41. The van der Waals surface area contributed by atoms with E-state index in [9.17, 15) is 9.36 Å². The fraction of sp³-hybridized carbons (Fsp3) is 0.438. The van der Waals surface area contributed by atoms with Crippen LogP contribution in [0.25, 0.3) is 0 Å². The number of benzene rings is 1. The van der Waals surface area contributed by atoms with Gasteiger partial charge in [-0.1, -0.05) is 24.3 Å². The number of carbonyl (C=O) groups is 1. The molecule has 6 heteroatoms. The monoisotopic (exact) mass is 321 g/mol. The first-order chi connectivity index (χ1) is 10.6. The standard InChI is InChI=1S/C16H20NO4P/c1-3-20-22(19,21-4-2)14-10-9-12-11-7-5-6-8-13(11)17-16(18)15(12)14/h5-8,10,12,15H,3-4,9H2,1-2H3,(H,17,18)/t12-,15-/m1/s1. The molecule has 1 aromatic carbocycles. The van der Waals surface area contributed by atoms with Crippen molar-refractivity contribution in [3.63, 3.8) is 0 Å². The maximum absolute atomic E-state index is 13.0. The molecule has 2 atom stereocenters. The summed E-state index contributed by atoms with van der Waals surface area (Å²) in [7, 11) is -3.41. The molecule has 0 saturated heterocycles. The molecule has 0 saturated carbocycles. The smallest absolute Gasteiger partial charge is 0.325 e. The highest BCUT2D eigenvalue weighted by Gasteiger charge is 2.48. The van der Waals surface area contributed by atoms with Gasteiger partial charge in [-0.25, -0.2) is 0 Å². The molecule has 2 aliphatic rings. The number of amides is 1. The molecule has 1 amide bonds. The fourth-order valence-electron chi connectivity index (χ4n) is 3.29. The third-order valence-electron chi connectivity index (χ3n) is 4.12. The van der Waals surface area contributed by atoms with Crippen LogP contribution in [0.1, 0.15) is 31.7 Å². The summed E-state index contributed by atoms with van der Waals surface area (Å²) < 4.78 is 23.9. The normalized spacial score (nSPS) is 23.5. The van der Waals surface area contributed by atoms with Crippen molar-refractivity contribution in [2.45, 2.75) is 26.2 Å². The lowest BCUT2D eigenvalue weighted by molar-refractivity contribution is -0.119. The quantitative estimate of drug-likeness (QED) is 0.836. The van der Waals surface area contributed by atoms with Crippen molar-refractivity contribution in [3.8, 4) is 0 Å². The largest absolute Gasteiger partial charge is 0.357 e. The van der Waals surface area contributed by atoms with E-state index < -0.39 is 13.5 Å². The first kappa shape index (κ1) is 15.5. The Morgan fingerprint density at radius 1 is 1.23 bits per heavy atom. The van der Waals surface area contributed by atoms with Gasteiger partial charge in [-0.2, -0.15) is 0 Å². The third-order valence-corrected chi connectivity index (χ3v) is 6.41. The zero-order chi connectivity index (χ0) is 15.7. The SMILES string of the molecule is CCOP(=O)(OCC)C1=CC[C@@H]2c3ccccc3NC(=O)[C@@H]12. The van der Waals surface area contributed by atoms with E-state index in [4.69, 9.17) is 9.05 Å². The molecule has 0 fully saturated rings. The highest BCUT2D eigenvalue weighted by atomic mass is 31.2. The van der Waals surface area contributed by atoms with Crippen molar-refractivity contribution in [3.05, 3.63) is 41.2 Å². The zero-order valence-electron chi connectivity index (χ0n) is 12.7. The van der Waals surface area contributed by atoms with Crippen molar-refractivity contribution in [1.82, 2.24) is 0 Å². The molecule has 118 valence electrons. The van der Waals surface area contributed by atoms with Crippen LogP contribution in [0.15, 0.2) is 35.7 Å². The highest BCUT2D eigenvalue weighted by molar-refractivity contribution is 7.58. The molecule has 1 heterocycles. The molecule has 0 spiro atoms. The molecule has 22 heavy (non-hydrogen) atoms. The number of carbonyl (C=O) groups excluding carboxylic acids is 1. The van der Waals surface area contributed by atoms with Gasteiger partial charge in [0, 0.05) is 11.6 Å². The van der Waals surface area contributed by atoms with Gasteiger partial charge in [0.05, 0.1) is 24.4 Å². The Balaban J connectivity index is 1.98. The van der Waals surface area contributed by atoms with Crippen LogP contribution in [0.3, 0.4) is 0 Å². The van der Waals surface area contributed by atoms with Gasteiger partial charge in [-0.05, 0) is 31.9 Å². The molecule has 0 bridgehead atoms. The lowest BCUT2D eigenvalue weighted by atomic mass is 9.83. The van der Waals surface area contributed by atoms with E-state index in [2.05, 4.69) is 5.32 Å². The van der Waals surface area contributed by atoms with Crippen LogP contribution in [0.2, 0.25) is 0 Å². The summed E-state index contributed by atoms with van der Waals surface area (Å²) in [5.74, 6) is -0.597. The van der Waals surface area contributed by atoms with E-state index in [0.29, 0.717) is 11.7 Å². The molecule has 1 N–H and O–H groups in total. The van der Waals surface area contributed by atoms with Crippen LogP contribution in [-0.2, 0) is 18.4 Å². The number of hydrogen-bond donors (Lipinski definition) is 1. The lowest BCUT2D eigenvalue weighted by Crippen LogP contribution is -2.32. The number of allylic oxidation sites excluding steroid dienone is 1. The van der Waals surface area contributed by atoms with Crippen LogP contribution in [-0.4, -0.2) is 19.1 Å². The Morgan fingerprint density at radius 3 is 2.59 bits per heavy atom. The third kappa shape index (κ3) is 2.43. The minimum Gasteiger partial charge on any atom is -0.325 e. The van der Waals surface area contributed by atoms with Gasteiger partial charge >= 0.3 is 7.60 Å². The number of para-hydroxylation sites is 1. The van der Waals surface area contributed by atoms with Gasteiger partial charge in [0.2, 0.25) is 5.91 Å². The molecule has 0 aromatic heterocycles. The maximum atomic E-state index is 13.0. The van der Waals surface area contributed by atoms with Gasteiger partial charge in [-0.3, -0.25) is 9.36 Å². The summed E-state index contributed by atoms with van der Waals surface area (Å²) in [4.78, 5) is 12.5. The van der Waals surface area contributed by atoms with Crippen molar-refractivity contribution >= 4 is 19.2 Å². The molecule has 1 aromatic rings. The van der Waals surface area contributed by atoms with E-state index >= 15 is 0 Å². The molecule has 1 aliphatic heterocycles. The topological polar surface area (TPSA) is 64.6 Å². The summed E-state index contributed by atoms with van der Waals surface area (Å²) >= 11 is 0. The van der Waals surface area contributed by atoms with Crippen LogP contribution >= 0.6 is 7.60 Å². The second kappa shape index (κ2) is 5.99. The molecule has 3 rings (SSSR count). The summed E-state index contributed by atoms with van der Waals surface area (Å²) in [5.41, 5.74) is 1.92. The van der Waals surface area contributed by atoms with E-state index in [0.717, 1.165) is 11.3 Å². The van der Waals surface area contributed by atoms with Crippen LogP contribution in [0.5, 0.6) is 0 Å². The van der Waals surface area contributed by atoms with E-state index in [1.807, 2.05) is 30.3 Å². The average Bonchev–Trinajstić information content (AvgIpc) is 2.94. The molecule has 0 radical (unpaired) electrons. The van der Waals surface area contributed by atoms with E-state index in [-0.39, 0.29) is 25.0 Å². The Kier molecular flexibility index (Phi) is 4.22. The number of hydrogen-bond acceptors (Lipinski definition) is 4. The molecule has 1 aliphatic carbocycles. The number of rotatable bonds is 5. The number of anilines is 1. The van der Waals surface area contributed by atoms with Crippen molar-refractivity contribution < 1.29 is 18.4 Å². The van der Waals surface area contributed by atoms with Gasteiger partial charge in [0.25, 0.3) is 0 Å². The Bertz CT molecular complexity index is 660. The van der Waals surface area contributed by atoms with Crippen molar-refractivity contribution in [2.24, 2.45) is 5.92 Å². The van der Waals surface area contributed by atoms with Gasteiger partial charge in [0.1, 0.15) is 0 Å². The second-order valence-electron chi connectivity index (χ2n) is 5.36. The minimum absolute atomic E-state index is 0.00851. The highest BCUT2D eigenvalue weighted by Crippen LogP contribution is 2.64. The summed E-state index contributed by atoms with van der Waals surface area (Å²) in [6.07, 6.45) is 2.54. The fourth-order valence-corrected chi connectivity index (χ4v) is 5.31. The van der Waals surface area contributed by atoms with Crippen LogP contribution in [0, 0.1) is 5.92 Å². The van der Waals surface area contributed by atoms with E-state index in [1.54, 1.807) is 13.8 Å². The van der Waals surface area contributed by atoms with Gasteiger partial charge < -0.3 is 14.4 Å². The van der Waals surface area contributed by atoms with Gasteiger partial charge in [-0.15, -0.1) is 0 Å². The lowest BCUT2D eigenvalue weighted by Gasteiger charge is -2.31. The zero-order valence-corrected chi connectivity index (χ0v) is 13.6. The molecule has 5 nitrogen and oxygen atoms in total. The Morgan fingerprint density at radius 2 is 1.91 bits per heavy atom. The first-order valence-corrected chi connectivity index (χ1v) is 9.14. The first-order valence-electron chi connectivity index (χ1n) is 7.60. The number of fused-ring (bicyclic) bond motifs is 3. The predicted octanol–water partition coefficient (Wildman–Crippen LogP) is 3.89. The van der Waals surface area contributed by atoms with Crippen molar-refractivity contribution in [2.75, 3.05) is 18.5 Å². The predicted molar refractivity (Wildman–Crippen MR) is 84.9 cm³/mol. The average molecular weight is 321 g/mol. The maximum Gasteiger partial charge on any atom is 0.357 e. The van der Waals surface area contributed by atoms with Crippen molar-refractivity contribution in [1.29, 1.82) is 0 Å². The molecular formula is C16H20NO4P. The molecular weight excluding hydrogens is 301 g/mol. The second-order valence-corrected chi connectivity index (χ2v) is 7.39. The minimum atomic E-state index is -3.41.